The Balaban J connectivity index is 2.11. The van der Waals surface area contributed by atoms with Crippen molar-refractivity contribution in [2.24, 2.45) is 0 Å². The molecule has 0 atom stereocenters. The normalized spacial score (nSPS) is 15.4. The molecule has 94 valence electrons. The van der Waals surface area contributed by atoms with Crippen LogP contribution in [0.4, 0.5) is 0 Å². The third kappa shape index (κ3) is 3.08. The van der Waals surface area contributed by atoms with Crippen LogP contribution in [0.3, 0.4) is 0 Å². The summed E-state index contributed by atoms with van der Waals surface area (Å²) >= 11 is 0. The largest absolute Gasteiger partial charge is 0.312 e. The van der Waals surface area contributed by atoms with Gasteiger partial charge in [-0.15, -0.1) is 0 Å². The van der Waals surface area contributed by atoms with Crippen LogP contribution in [0.25, 0.3) is 0 Å². The Labute approximate surface area is 105 Å². The van der Waals surface area contributed by atoms with Gasteiger partial charge in [-0.2, -0.15) is 0 Å². The molecular formula is C15H24N2. The molecule has 0 aliphatic carbocycles. The van der Waals surface area contributed by atoms with E-state index in [1.54, 1.807) is 0 Å². The van der Waals surface area contributed by atoms with Crippen LogP contribution < -0.4 is 5.32 Å². The molecule has 0 spiro atoms. The summed E-state index contributed by atoms with van der Waals surface area (Å²) in [5, 5.41) is 3.44. The molecule has 2 rings (SSSR count). The number of fused-ring (bicyclic) bond motifs is 1. The number of hydrogen-bond acceptors (Lipinski definition) is 2. The highest BCUT2D eigenvalue weighted by Gasteiger charge is 2.11. The van der Waals surface area contributed by atoms with E-state index >= 15 is 0 Å². The van der Waals surface area contributed by atoms with Gasteiger partial charge in [-0.3, -0.25) is 4.90 Å². The fourth-order valence-electron chi connectivity index (χ4n) is 2.53. The summed E-state index contributed by atoms with van der Waals surface area (Å²) in [6.45, 7) is 11.1. The van der Waals surface area contributed by atoms with Crippen molar-refractivity contribution in [3.63, 3.8) is 0 Å². The van der Waals surface area contributed by atoms with Crippen molar-refractivity contribution in [2.45, 2.75) is 46.3 Å². The molecular weight excluding hydrogens is 208 g/mol. The summed E-state index contributed by atoms with van der Waals surface area (Å²) in [5.41, 5.74) is 4.47. The first kappa shape index (κ1) is 12.6. The van der Waals surface area contributed by atoms with Gasteiger partial charge in [0.25, 0.3) is 0 Å². The fourth-order valence-corrected chi connectivity index (χ4v) is 2.53. The highest BCUT2D eigenvalue weighted by Crippen LogP contribution is 2.17. The van der Waals surface area contributed by atoms with Crippen LogP contribution in [-0.2, 0) is 19.5 Å². The minimum absolute atomic E-state index is 0.620. The predicted molar refractivity (Wildman–Crippen MR) is 73.1 cm³/mol. The zero-order chi connectivity index (χ0) is 12.3. The lowest BCUT2D eigenvalue weighted by atomic mass is 9.98. The quantitative estimate of drug-likeness (QED) is 0.858. The lowest BCUT2D eigenvalue weighted by molar-refractivity contribution is 0.225. The molecule has 1 aliphatic rings. The van der Waals surface area contributed by atoms with Crippen molar-refractivity contribution in [3.05, 3.63) is 34.9 Å². The van der Waals surface area contributed by atoms with Crippen molar-refractivity contribution >= 4 is 0 Å². The van der Waals surface area contributed by atoms with Crippen molar-refractivity contribution in [1.29, 1.82) is 0 Å². The van der Waals surface area contributed by atoms with E-state index in [1.807, 2.05) is 0 Å². The van der Waals surface area contributed by atoms with Crippen molar-refractivity contribution in [3.8, 4) is 0 Å². The highest BCUT2D eigenvalue weighted by molar-refractivity contribution is 5.33. The van der Waals surface area contributed by atoms with Gasteiger partial charge >= 0.3 is 0 Å². The van der Waals surface area contributed by atoms with E-state index in [9.17, 15) is 0 Å². The Morgan fingerprint density at radius 1 is 1.29 bits per heavy atom. The Hall–Kier alpha value is -0.860. The van der Waals surface area contributed by atoms with E-state index in [4.69, 9.17) is 0 Å². The van der Waals surface area contributed by atoms with Crippen LogP contribution in [0.15, 0.2) is 18.2 Å². The Bertz CT molecular complexity index is 371. The molecule has 1 heterocycles. The summed E-state index contributed by atoms with van der Waals surface area (Å²) in [6, 6.07) is 7.62. The molecule has 1 aliphatic heterocycles. The average molecular weight is 232 g/mol. The monoisotopic (exact) mass is 232 g/mol. The first-order valence-corrected chi connectivity index (χ1v) is 6.76. The molecule has 0 amide bonds. The first-order valence-electron chi connectivity index (χ1n) is 6.76. The molecule has 0 saturated heterocycles. The predicted octanol–water partition coefficient (Wildman–Crippen LogP) is 2.56. The van der Waals surface area contributed by atoms with E-state index < -0.39 is 0 Å². The number of hydrogen-bond donors (Lipinski definition) is 1. The molecule has 0 bridgehead atoms. The third-order valence-corrected chi connectivity index (χ3v) is 3.68. The van der Waals surface area contributed by atoms with Crippen LogP contribution in [0, 0.1) is 0 Å². The summed E-state index contributed by atoms with van der Waals surface area (Å²) in [7, 11) is 0. The Morgan fingerprint density at radius 2 is 2.12 bits per heavy atom. The molecule has 2 nitrogen and oxygen atoms in total. The molecule has 1 aromatic carbocycles. The molecule has 1 aromatic rings. The number of nitrogens with zero attached hydrogens (tertiary/aromatic N) is 1. The molecule has 1 N–H and O–H groups in total. The molecule has 0 aromatic heterocycles. The second kappa shape index (κ2) is 5.65. The van der Waals surface area contributed by atoms with E-state index in [1.165, 1.54) is 23.1 Å². The summed E-state index contributed by atoms with van der Waals surface area (Å²) in [4.78, 5) is 2.50. The standard InChI is InChI=1S/C15H24N2/c1-4-17(12(2)3)11-13-5-6-14-7-8-16-10-15(14)9-13/h5-6,9,12,16H,4,7-8,10-11H2,1-3H3. The smallest absolute Gasteiger partial charge is 0.0236 e. The van der Waals surface area contributed by atoms with Gasteiger partial charge < -0.3 is 5.32 Å². The molecule has 0 saturated carbocycles. The van der Waals surface area contributed by atoms with Gasteiger partial charge in [-0.1, -0.05) is 25.1 Å². The van der Waals surface area contributed by atoms with Crippen LogP contribution in [0.5, 0.6) is 0 Å². The van der Waals surface area contributed by atoms with E-state index in [2.05, 4.69) is 49.2 Å². The van der Waals surface area contributed by atoms with Gasteiger partial charge in [0.15, 0.2) is 0 Å². The first-order chi connectivity index (χ1) is 8.20. The second-order valence-electron chi connectivity index (χ2n) is 5.19. The van der Waals surface area contributed by atoms with Gasteiger partial charge in [0.2, 0.25) is 0 Å². The van der Waals surface area contributed by atoms with Crippen molar-refractivity contribution in [2.75, 3.05) is 13.1 Å². The van der Waals surface area contributed by atoms with Crippen molar-refractivity contribution in [1.82, 2.24) is 10.2 Å². The minimum Gasteiger partial charge on any atom is -0.312 e. The second-order valence-corrected chi connectivity index (χ2v) is 5.19. The summed E-state index contributed by atoms with van der Waals surface area (Å²) < 4.78 is 0. The zero-order valence-electron chi connectivity index (χ0n) is 11.3. The van der Waals surface area contributed by atoms with Gasteiger partial charge in [-0.25, -0.2) is 0 Å². The van der Waals surface area contributed by atoms with Crippen LogP contribution >= 0.6 is 0 Å². The van der Waals surface area contributed by atoms with Crippen molar-refractivity contribution < 1.29 is 0 Å². The van der Waals surface area contributed by atoms with E-state index in [0.717, 1.165) is 26.2 Å². The number of rotatable bonds is 4. The molecule has 0 radical (unpaired) electrons. The Kier molecular flexibility index (Phi) is 4.19. The van der Waals surface area contributed by atoms with E-state index in [0.29, 0.717) is 6.04 Å². The van der Waals surface area contributed by atoms with Gasteiger partial charge in [0.1, 0.15) is 0 Å². The van der Waals surface area contributed by atoms with Crippen LogP contribution in [0.1, 0.15) is 37.5 Å². The highest BCUT2D eigenvalue weighted by atomic mass is 15.1. The van der Waals surface area contributed by atoms with Gasteiger partial charge in [0.05, 0.1) is 0 Å². The zero-order valence-corrected chi connectivity index (χ0v) is 11.3. The maximum Gasteiger partial charge on any atom is 0.0236 e. The lowest BCUT2D eigenvalue weighted by Crippen LogP contribution is -2.30. The summed E-state index contributed by atoms with van der Waals surface area (Å²) in [5.74, 6) is 0. The average Bonchev–Trinajstić information content (AvgIpc) is 2.35. The maximum atomic E-state index is 3.44. The minimum atomic E-state index is 0.620. The molecule has 17 heavy (non-hydrogen) atoms. The maximum absolute atomic E-state index is 3.44. The molecule has 2 heteroatoms. The van der Waals surface area contributed by atoms with Crippen LogP contribution in [-0.4, -0.2) is 24.0 Å². The SMILES string of the molecule is CCN(Cc1ccc2c(c1)CNCC2)C(C)C. The Morgan fingerprint density at radius 3 is 2.82 bits per heavy atom. The van der Waals surface area contributed by atoms with Gasteiger partial charge in [-0.05, 0) is 50.0 Å². The third-order valence-electron chi connectivity index (χ3n) is 3.68. The topological polar surface area (TPSA) is 15.3 Å². The number of benzene rings is 1. The molecule has 0 fully saturated rings. The molecule has 0 unspecified atom stereocenters. The van der Waals surface area contributed by atoms with E-state index in [-0.39, 0.29) is 0 Å². The number of nitrogens with one attached hydrogen (secondary N) is 1. The summed E-state index contributed by atoms with van der Waals surface area (Å²) in [6.07, 6.45) is 1.18. The van der Waals surface area contributed by atoms with Gasteiger partial charge in [0, 0.05) is 19.1 Å². The van der Waals surface area contributed by atoms with Crippen LogP contribution in [0.2, 0.25) is 0 Å². The lowest BCUT2D eigenvalue weighted by Gasteiger charge is -2.26. The fraction of sp³-hybridized carbons (Fsp3) is 0.600.